The van der Waals surface area contributed by atoms with Crippen LogP contribution in [0.1, 0.15) is 0 Å². The van der Waals surface area contributed by atoms with E-state index in [1.54, 1.807) is 11.0 Å². The van der Waals surface area contributed by atoms with Crippen LogP contribution in [-0.2, 0) is 9.47 Å². The molecule has 1 aromatic carbocycles. The van der Waals surface area contributed by atoms with Crippen molar-refractivity contribution < 1.29 is 14.3 Å². The van der Waals surface area contributed by atoms with E-state index in [1.165, 1.54) is 0 Å². The summed E-state index contributed by atoms with van der Waals surface area (Å²) in [6, 6.07) is 9.39. The molecule has 4 heteroatoms. The third-order valence-corrected chi connectivity index (χ3v) is 2.54. The Kier molecular flexibility index (Phi) is 3.77. The Bertz CT molecular complexity index is 391. The monoisotopic (exact) mass is 233 g/mol. The van der Waals surface area contributed by atoms with Crippen LogP contribution >= 0.6 is 0 Å². The molecule has 4 nitrogen and oxygen atoms in total. The molecule has 0 aliphatic carbocycles. The minimum Gasteiger partial charge on any atom is -0.447 e. The molecule has 1 aromatic rings. The first kappa shape index (κ1) is 11.7. The molecule has 2 rings (SSSR count). The molecule has 1 atom stereocenters. The first-order valence-electron chi connectivity index (χ1n) is 5.52. The number of ether oxygens (including phenoxy) is 2. The van der Waals surface area contributed by atoms with Gasteiger partial charge in [0.15, 0.2) is 0 Å². The molecule has 1 heterocycles. The van der Waals surface area contributed by atoms with Crippen molar-refractivity contribution in [2.75, 3.05) is 24.7 Å². The van der Waals surface area contributed by atoms with Gasteiger partial charge in [0.05, 0.1) is 19.3 Å². The lowest BCUT2D eigenvalue weighted by molar-refractivity contribution is 0.135. The van der Waals surface area contributed by atoms with E-state index in [1.807, 2.05) is 30.3 Å². The Labute approximate surface area is 100 Å². The average Bonchev–Trinajstić information content (AvgIpc) is 2.72. The molecule has 17 heavy (non-hydrogen) atoms. The molecule has 0 spiro atoms. The average molecular weight is 233 g/mol. The number of hydrogen-bond acceptors (Lipinski definition) is 3. The second-order valence-corrected chi connectivity index (χ2v) is 3.76. The number of cyclic esters (lactones) is 1. The van der Waals surface area contributed by atoms with Crippen molar-refractivity contribution in [1.82, 2.24) is 0 Å². The first-order chi connectivity index (χ1) is 8.33. The van der Waals surface area contributed by atoms with Gasteiger partial charge in [-0.15, -0.1) is 6.58 Å². The summed E-state index contributed by atoms with van der Waals surface area (Å²) in [6.45, 7) is 4.88. The van der Waals surface area contributed by atoms with Gasteiger partial charge in [0.2, 0.25) is 0 Å². The molecule has 1 aliphatic heterocycles. The van der Waals surface area contributed by atoms with Gasteiger partial charge in [0, 0.05) is 5.69 Å². The zero-order valence-electron chi connectivity index (χ0n) is 9.54. The Morgan fingerprint density at radius 1 is 1.47 bits per heavy atom. The largest absolute Gasteiger partial charge is 0.447 e. The van der Waals surface area contributed by atoms with Crippen molar-refractivity contribution in [3.63, 3.8) is 0 Å². The molecular weight excluding hydrogens is 218 g/mol. The van der Waals surface area contributed by atoms with E-state index in [2.05, 4.69) is 6.58 Å². The number of rotatable bonds is 5. The van der Waals surface area contributed by atoms with Gasteiger partial charge in [0.1, 0.15) is 6.61 Å². The van der Waals surface area contributed by atoms with Gasteiger partial charge in [-0.3, -0.25) is 4.90 Å². The number of carbonyl (C=O) groups is 1. The molecule has 1 fully saturated rings. The third kappa shape index (κ3) is 2.65. The minimum absolute atomic E-state index is 0.0650. The van der Waals surface area contributed by atoms with Crippen molar-refractivity contribution in [1.29, 1.82) is 0 Å². The van der Waals surface area contributed by atoms with Crippen molar-refractivity contribution >= 4 is 11.8 Å². The lowest BCUT2D eigenvalue weighted by atomic mass is 10.2. The van der Waals surface area contributed by atoms with E-state index in [-0.39, 0.29) is 12.1 Å². The lowest BCUT2D eigenvalue weighted by Crippen LogP contribution is -2.36. The van der Waals surface area contributed by atoms with Gasteiger partial charge in [-0.1, -0.05) is 24.3 Å². The van der Waals surface area contributed by atoms with Gasteiger partial charge in [-0.2, -0.15) is 0 Å². The fourth-order valence-electron chi connectivity index (χ4n) is 1.78. The van der Waals surface area contributed by atoms with Crippen LogP contribution in [0, 0.1) is 0 Å². The van der Waals surface area contributed by atoms with Crippen LogP contribution in [0.4, 0.5) is 10.5 Å². The number of anilines is 1. The maximum absolute atomic E-state index is 11.6. The molecule has 1 aliphatic rings. The fourth-order valence-corrected chi connectivity index (χ4v) is 1.78. The maximum Gasteiger partial charge on any atom is 0.414 e. The van der Waals surface area contributed by atoms with E-state index in [0.29, 0.717) is 19.8 Å². The highest BCUT2D eigenvalue weighted by molar-refractivity contribution is 5.90. The zero-order chi connectivity index (χ0) is 12.1. The lowest BCUT2D eigenvalue weighted by Gasteiger charge is -2.20. The van der Waals surface area contributed by atoms with Crippen molar-refractivity contribution in [3.05, 3.63) is 43.0 Å². The van der Waals surface area contributed by atoms with Crippen LogP contribution in [0.5, 0.6) is 0 Å². The van der Waals surface area contributed by atoms with Crippen molar-refractivity contribution in [2.45, 2.75) is 6.04 Å². The predicted octanol–water partition coefficient (Wildman–Crippen LogP) is 2.21. The number of para-hydroxylation sites is 1. The highest BCUT2D eigenvalue weighted by Gasteiger charge is 2.34. The Morgan fingerprint density at radius 2 is 2.24 bits per heavy atom. The number of hydrogen-bond donors (Lipinski definition) is 0. The van der Waals surface area contributed by atoms with Crippen molar-refractivity contribution in [2.24, 2.45) is 0 Å². The number of amides is 1. The molecule has 0 saturated carbocycles. The molecule has 0 N–H and O–H groups in total. The highest BCUT2D eigenvalue weighted by Crippen LogP contribution is 2.22. The van der Waals surface area contributed by atoms with Crippen molar-refractivity contribution in [3.8, 4) is 0 Å². The topological polar surface area (TPSA) is 38.8 Å². The smallest absolute Gasteiger partial charge is 0.414 e. The van der Waals surface area contributed by atoms with Crippen LogP contribution in [0.3, 0.4) is 0 Å². The van der Waals surface area contributed by atoms with Crippen LogP contribution in [0.25, 0.3) is 0 Å². The van der Waals surface area contributed by atoms with Gasteiger partial charge < -0.3 is 9.47 Å². The van der Waals surface area contributed by atoms with Crippen LogP contribution in [0.2, 0.25) is 0 Å². The minimum atomic E-state index is -0.316. The second kappa shape index (κ2) is 5.50. The first-order valence-corrected chi connectivity index (χ1v) is 5.52. The van der Waals surface area contributed by atoms with Gasteiger partial charge in [-0.05, 0) is 12.1 Å². The van der Waals surface area contributed by atoms with Crippen LogP contribution in [0.15, 0.2) is 43.0 Å². The summed E-state index contributed by atoms with van der Waals surface area (Å²) in [5, 5.41) is 0. The van der Waals surface area contributed by atoms with Crippen LogP contribution < -0.4 is 4.90 Å². The Balaban J connectivity index is 2.06. The predicted molar refractivity (Wildman–Crippen MR) is 65.1 cm³/mol. The molecule has 1 saturated heterocycles. The number of nitrogens with zero attached hydrogens (tertiary/aromatic N) is 1. The molecule has 0 aromatic heterocycles. The molecule has 0 radical (unpaired) electrons. The van der Waals surface area contributed by atoms with E-state index >= 15 is 0 Å². The summed E-state index contributed by atoms with van der Waals surface area (Å²) < 4.78 is 10.4. The van der Waals surface area contributed by atoms with Gasteiger partial charge in [0.25, 0.3) is 0 Å². The summed E-state index contributed by atoms with van der Waals surface area (Å²) >= 11 is 0. The SMILES string of the molecule is C=CCOCC1COC(=O)N1c1ccccc1. The summed E-state index contributed by atoms with van der Waals surface area (Å²) in [5.74, 6) is 0. The second-order valence-electron chi connectivity index (χ2n) is 3.76. The molecule has 1 amide bonds. The fraction of sp³-hybridized carbons (Fsp3) is 0.308. The quantitative estimate of drug-likeness (QED) is 0.578. The Morgan fingerprint density at radius 3 is 2.94 bits per heavy atom. The van der Waals surface area contributed by atoms with E-state index < -0.39 is 0 Å². The van der Waals surface area contributed by atoms with Crippen LogP contribution in [-0.4, -0.2) is 32.0 Å². The maximum atomic E-state index is 11.6. The summed E-state index contributed by atoms with van der Waals surface area (Å²) in [6.07, 6.45) is 1.37. The molecule has 0 bridgehead atoms. The van der Waals surface area contributed by atoms with E-state index in [9.17, 15) is 4.79 Å². The van der Waals surface area contributed by atoms with Gasteiger partial charge >= 0.3 is 6.09 Å². The normalized spacial score (nSPS) is 19.2. The summed E-state index contributed by atoms with van der Waals surface area (Å²) in [7, 11) is 0. The van der Waals surface area contributed by atoms with E-state index in [0.717, 1.165) is 5.69 Å². The molecular formula is C13H15NO3. The summed E-state index contributed by atoms with van der Waals surface area (Å²) in [4.78, 5) is 13.3. The molecule has 1 unspecified atom stereocenters. The Hall–Kier alpha value is -1.81. The third-order valence-electron chi connectivity index (χ3n) is 2.54. The standard InChI is InChI=1S/C13H15NO3/c1-2-8-16-9-12-10-17-13(15)14(12)11-6-4-3-5-7-11/h2-7,12H,1,8-10H2. The summed E-state index contributed by atoms with van der Waals surface area (Å²) in [5.41, 5.74) is 0.835. The van der Waals surface area contributed by atoms with E-state index in [4.69, 9.17) is 9.47 Å². The number of carbonyl (C=O) groups excluding carboxylic acids is 1. The zero-order valence-corrected chi connectivity index (χ0v) is 9.54. The number of benzene rings is 1. The van der Waals surface area contributed by atoms with Gasteiger partial charge in [-0.25, -0.2) is 4.79 Å². The highest BCUT2D eigenvalue weighted by atomic mass is 16.6. The molecule has 90 valence electrons.